The van der Waals surface area contributed by atoms with Gasteiger partial charge in [-0.1, -0.05) is 0 Å². The molecule has 10 heteroatoms. The van der Waals surface area contributed by atoms with E-state index in [2.05, 4.69) is 15.4 Å². The van der Waals surface area contributed by atoms with E-state index in [1.807, 2.05) is 0 Å². The number of amides is 1. The van der Waals surface area contributed by atoms with Gasteiger partial charge in [0.05, 0.1) is 37.3 Å². The zero-order valence-corrected chi connectivity index (χ0v) is 17.3. The number of benzene rings is 2. The molecule has 0 unspecified atom stereocenters. The van der Waals surface area contributed by atoms with E-state index < -0.39 is 16.0 Å². The molecule has 0 bridgehead atoms. The summed E-state index contributed by atoms with van der Waals surface area (Å²) in [5, 5.41) is 5.65. The quantitative estimate of drug-likeness (QED) is 0.637. The molecule has 0 radical (unpaired) electrons. The maximum atomic E-state index is 12.6. The Kier molecular flexibility index (Phi) is 7.03. The Morgan fingerprint density at radius 2 is 1.60 bits per heavy atom. The number of hydrogen-bond acceptors (Lipinski definition) is 7. The third-order valence-electron chi connectivity index (χ3n) is 4.50. The van der Waals surface area contributed by atoms with Crippen molar-refractivity contribution in [3.8, 4) is 0 Å². The Balaban J connectivity index is 1.53. The highest BCUT2D eigenvalue weighted by Crippen LogP contribution is 2.19. The van der Waals surface area contributed by atoms with Gasteiger partial charge in [-0.2, -0.15) is 4.31 Å². The Bertz CT molecular complexity index is 984. The van der Waals surface area contributed by atoms with Crippen LogP contribution in [0.1, 0.15) is 10.4 Å². The monoisotopic (exact) mass is 433 g/mol. The molecular formula is C20H23N3O6S. The summed E-state index contributed by atoms with van der Waals surface area (Å²) >= 11 is 0. The van der Waals surface area contributed by atoms with Crippen molar-refractivity contribution in [2.45, 2.75) is 4.90 Å². The van der Waals surface area contributed by atoms with E-state index in [9.17, 15) is 18.0 Å². The topological polar surface area (TPSA) is 114 Å². The van der Waals surface area contributed by atoms with Gasteiger partial charge in [-0.3, -0.25) is 4.79 Å². The Labute approximate surface area is 175 Å². The van der Waals surface area contributed by atoms with E-state index in [1.165, 1.54) is 23.5 Å². The van der Waals surface area contributed by atoms with Gasteiger partial charge in [0.2, 0.25) is 15.9 Å². The minimum absolute atomic E-state index is 0.00536. The highest BCUT2D eigenvalue weighted by molar-refractivity contribution is 7.89. The van der Waals surface area contributed by atoms with Gasteiger partial charge in [-0.15, -0.1) is 0 Å². The number of hydrogen-bond donors (Lipinski definition) is 2. The fraction of sp³-hybridized carbons (Fsp3) is 0.300. The summed E-state index contributed by atoms with van der Waals surface area (Å²) in [5.41, 5.74) is 1.58. The number of carbonyl (C=O) groups is 2. The van der Waals surface area contributed by atoms with Crippen LogP contribution < -0.4 is 10.6 Å². The van der Waals surface area contributed by atoms with E-state index in [4.69, 9.17) is 4.74 Å². The van der Waals surface area contributed by atoms with Crippen LogP contribution >= 0.6 is 0 Å². The molecule has 0 aromatic heterocycles. The summed E-state index contributed by atoms with van der Waals surface area (Å²) in [4.78, 5) is 23.7. The molecule has 2 N–H and O–H groups in total. The van der Waals surface area contributed by atoms with Crippen molar-refractivity contribution in [3.63, 3.8) is 0 Å². The van der Waals surface area contributed by atoms with Crippen LogP contribution in [0.25, 0.3) is 0 Å². The maximum absolute atomic E-state index is 12.6. The summed E-state index contributed by atoms with van der Waals surface area (Å²) in [6.07, 6.45) is 0. The van der Waals surface area contributed by atoms with Crippen molar-refractivity contribution in [1.29, 1.82) is 0 Å². The lowest BCUT2D eigenvalue weighted by Crippen LogP contribution is -2.40. The van der Waals surface area contributed by atoms with E-state index in [-0.39, 0.29) is 17.3 Å². The van der Waals surface area contributed by atoms with Crippen LogP contribution in [-0.4, -0.2) is 64.6 Å². The fourth-order valence-electron chi connectivity index (χ4n) is 2.88. The summed E-state index contributed by atoms with van der Waals surface area (Å²) in [6, 6.07) is 12.6. The number of carbonyl (C=O) groups excluding carboxylic acids is 2. The third kappa shape index (κ3) is 5.35. The molecule has 3 rings (SSSR count). The van der Waals surface area contributed by atoms with Crippen molar-refractivity contribution < 1.29 is 27.5 Å². The third-order valence-corrected chi connectivity index (χ3v) is 6.42. The van der Waals surface area contributed by atoms with Crippen LogP contribution in [-0.2, 0) is 24.3 Å². The molecule has 1 amide bonds. The number of esters is 1. The molecule has 9 nitrogen and oxygen atoms in total. The second-order valence-corrected chi connectivity index (χ2v) is 8.45. The van der Waals surface area contributed by atoms with E-state index in [0.717, 1.165) is 0 Å². The van der Waals surface area contributed by atoms with E-state index in [1.54, 1.807) is 36.4 Å². The van der Waals surface area contributed by atoms with Gasteiger partial charge >= 0.3 is 5.97 Å². The zero-order valence-electron chi connectivity index (χ0n) is 16.5. The van der Waals surface area contributed by atoms with Crippen LogP contribution in [0.4, 0.5) is 11.4 Å². The molecule has 160 valence electrons. The molecule has 2 aromatic carbocycles. The summed E-state index contributed by atoms with van der Waals surface area (Å²) < 4.78 is 36.4. The number of nitrogens with zero attached hydrogens (tertiary/aromatic N) is 1. The Hall–Kier alpha value is -2.95. The maximum Gasteiger partial charge on any atom is 0.337 e. The number of rotatable bonds is 7. The molecule has 1 fully saturated rings. The lowest BCUT2D eigenvalue weighted by atomic mass is 10.2. The van der Waals surface area contributed by atoms with Gasteiger partial charge in [0.1, 0.15) is 0 Å². The van der Waals surface area contributed by atoms with Crippen LogP contribution in [0.3, 0.4) is 0 Å². The molecular weight excluding hydrogens is 410 g/mol. The second-order valence-electron chi connectivity index (χ2n) is 6.51. The normalized spacial score (nSPS) is 14.7. The first kappa shape index (κ1) is 21.8. The SMILES string of the molecule is COC(=O)c1ccc(NCC(=O)Nc2ccc(S(=O)(=O)N3CCOCC3)cc2)cc1. The second kappa shape index (κ2) is 9.70. The summed E-state index contributed by atoms with van der Waals surface area (Å²) in [5.74, 6) is -0.728. The number of ether oxygens (including phenoxy) is 2. The standard InChI is InChI=1S/C20H23N3O6S/c1-28-20(25)15-2-4-16(5-3-15)21-14-19(24)22-17-6-8-18(9-7-17)30(26,27)23-10-12-29-13-11-23/h2-9,21H,10-14H2,1H3,(H,22,24). The smallest absolute Gasteiger partial charge is 0.337 e. The number of morpholine rings is 1. The average Bonchev–Trinajstić information content (AvgIpc) is 2.78. The molecule has 1 aliphatic heterocycles. The minimum Gasteiger partial charge on any atom is -0.465 e. The minimum atomic E-state index is -3.57. The molecule has 1 heterocycles. The summed E-state index contributed by atoms with van der Waals surface area (Å²) in [7, 11) is -2.26. The predicted octanol–water partition coefficient (Wildman–Crippen LogP) is 1.54. The number of sulfonamides is 1. The van der Waals surface area contributed by atoms with Crippen molar-refractivity contribution in [3.05, 3.63) is 54.1 Å². The average molecular weight is 433 g/mol. The largest absolute Gasteiger partial charge is 0.465 e. The molecule has 0 aliphatic carbocycles. The fourth-order valence-corrected chi connectivity index (χ4v) is 4.28. The highest BCUT2D eigenvalue weighted by atomic mass is 32.2. The molecule has 1 saturated heterocycles. The number of nitrogens with one attached hydrogen (secondary N) is 2. The van der Waals surface area contributed by atoms with Gasteiger partial charge in [-0.25, -0.2) is 13.2 Å². The Morgan fingerprint density at radius 3 is 2.20 bits per heavy atom. The van der Waals surface area contributed by atoms with Crippen molar-refractivity contribution in [2.24, 2.45) is 0 Å². The lowest BCUT2D eigenvalue weighted by Gasteiger charge is -2.26. The van der Waals surface area contributed by atoms with E-state index >= 15 is 0 Å². The zero-order chi connectivity index (χ0) is 21.6. The molecule has 0 saturated carbocycles. The number of methoxy groups -OCH3 is 1. The van der Waals surface area contributed by atoms with Crippen molar-refractivity contribution >= 4 is 33.3 Å². The van der Waals surface area contributed by atoms with E-state index in [0.29, 0.717) is 43.2 Å². The predicted molar refractivity (Wildman–Crippen MR) is 111 cm³/mol. The van der Waals surface area contributed by atoms with Gasteiger partial charge in [0, 0.05) is 24.5 Å². The first-order chi connectivity index (χ1) is 14.4. The Morgan fingerprint density at radius 1 is 1.00 bits per heavy atom. The molecule has 1 aliphatic rings. The van der Waals surface area contributed by atoms with Crippen LogP contribution in [0.2, 0.25) is 0 Å². The van der Waals surface area contributed by atoms with Crippen molar-refractivity contribution in [2.75, 3.05) is 50.6 Å². The van der Waals surface area contributed by atoms with Gasteiger partial charge < -0.3 is 20.1 Å². The first-order valence-electron chi connectivity index (χ1n) is 9.30. The first-order valence-corrected chi connectivity index (χ1v) is 10.7. The highest BCUT2D eigenvalue weighted by Gasteiger charge is 2.26. The molecule has 30 heavy (non-hydrogen) atoms. The van der Waals surface area contributed by atoms with Crippen LogP contribution in [0.5, 0.6) is 0 Å². The molecule has 0 atom stereocenters. The summed E-state index contributed by atoms with van der Waals surface area (Å²) in [6.45, 7) is 1.42. The van der Waals surface area contributed by atoms with Gasteiger partial charge in [0.25, 0.3) is 0 Å². The van der Waals surface area contributed by atoms with Crippen LogP contribution in [0, 0.1) is 0 Å². The van der Waals surface area contributed by atoms with Gasteiger partial charge in [0.15, 0.2) is 0 Å². The van der Waals surface area contributed by atoms with Gasteiger partial charge in [-0.05, 0) is 48.5 Å². The molecule has 0 spiro atoms. The number of anilines is 2. The molecule has 2 aromatic rings. The van der Waals surface area contributed by atoms with Crippen LogP contribution in [0.15, 0.2) is 53.4 Å². The van der Waals surface area contributed by atoms with Crippen molar-refractivity contribution in [1.82, 2.24) is 4.31 Å². The lowest BCUT2D eigenvalue weighted by molar-refractivity contribution is -0.114.